The third kappa shape index (κ3) is 11.2. The molecule has 1 fully saturated rings. The number of carbonyl (C=O) groups is 5. The molecule has 0 saturated carbocycles. The number of likely N-dealkylation sites (N-methyl/N-ethyl adjacent to an activating group) is 1. The van der Waals surface area contributed by atoms with Crippen molar-refractivity contribution in [1.82, 2.24) is 20.4 Å². The lowest BCUT2D eigenvalue weighted by atomic mass is 9.90. The fourth-order valence-corrected chi connectivity index (χ4v) is 7.31. The Labute approximate surface area is 299 Å². The van der Waals surface area contributed by atoms with Gasteiger partial charge in [-0.1, -0.05) is 78.3 Å². The smallest absolute Gasteiger partial charge is 0.326 e. The van der Waals surface area contributed by atoms with Crippen LogP contribution in [-0.2, 0) is 39.9 Å². The molecule has 1 aromatic rings. The quantitative estimate of drug-likeness (QED) is 0.185. The second-order valence-corrected chi connectivity index (χ2v) is 14.2. The molecule has 9 atom stereocenters. The third-order valence-electron chi connectivity index (χ3n) is 10.5. The number of benzene rings is 1. The number of methoxy groups -OCH3 is 2. The van der Waals surface area contributed by atoms with Gasteiger partial charge in [0.2, 0.25) is 23.6 Å². The van der Waals surface area contributed by atoms with Crippen LogP contribution in [0.25, 0.3) is 0 Å². The number of likely N-dealkylation sites (tertiary alicyclic amines) is 1. The van der Waals surface area contributed by atoms with E-state index in [2.05, 4.69) is 10.6 Å². The van der Waals surface area contributed by atoms with E-state index in [0.717, 1.165) is 12.0 Å². The van der Waals surface area contributed by atoms with Crippen LogP contribution in [0, 0.1) is 23.7 Å². The molecule has 12 nitrogen and oxygen atoms in total. The molecule has 12 heteroatoms. The fraction of sp³-hybridized carbons (Fsp3) is 0.711. The highest BCUT2D eigenvalue weighted by Gasteiger charge is 2.43. The Morgan fingerprint density at radius 1 is 0.940 bits per heavy atom. The molecule has 0 unspecified atom stereocenters. The molecule has 1 aromatic carbocycles. The highest BCUT2D eigenvalue weighted by Crippen LogP contribution is 2.29. The van der Waals surface area contributed by atoms with Gasteiger partial charge in [-0.3, -0.25) is 19.2 Å². The van der Waals surface area contributed by atoms with Crippen LogP contribution in [-0.4, -0.2) is 109 Å². The van der Waals surface area contributed by atoms with Crippen molar-refractivity contribution in [2.45, 2.75) is 123 Å². The van der Waals surface area contributed by atoms with Gasteiger partial charge >= 0.3 is 5.97 Å². The van der Waals surface area contributed by atoms with Crippen LogP contribution in [0.1, 0.15) is 86.1 Å². The molecule has 0 radical (unpaired) electrons. The molecule has 1 aliphatic heterocycles. The molecule has 4 amide bonds. The summed E-state index contributed by atoms with van der Waals surface area (Å²) in [5, 5.41) is 15.4. The number of nitrogens with zero attached hydrogens (tertiary/aromatic N) is 2. The lowest BCUT2D eigenvalue weighted by Gasteiger charge is -2.40. The monoisotopic (exact) mass is 702 g/mol. The van der Waals surface area contributed by atoms with Crippen molar-refractivity contribution in [3.8, 4) is 0 Å². The number of ether oxygens (including phenoxy) is 2. The number of amides is 4. The number of carbonyl (C=O) groups excluding carboxylic acids is 4. The maximum Gasteiger partial charge on any atom is 0.326 e. The first-order chi connectivity index (χ1) is 23.6. The number of nitrogens with one attached hydrogen (secondary N) is 2. The van der Waals surface area contributed by atoms with E-state index in [1.807, 2.05) is 65.0 Å². The van der Waals surface area contributed by atoms with Crippen molar-refractivity contribution in [1.29, 1.82) is 0 Å². The van der Waals surface area contributed by atoms with E-state index in [4.69, 9.17) is 9.47 Å². The van der Waals surface area contributed by atoms with E-state index >= 15 is 0 Å². The van der Waals surface area contributed by atoms with E-state index in [1.165, 1.54) is 14.2 Å². The molecular weight excluding hydrogens is 640 g/mol. The summed E-state index contributed by atoms with van der Waals surface area (Å²) in [6.45, 7) is 13.8. The van der Waals surface area contributed by atoms with Crippen molar-refractivity contribution < 1.29 is 38.6 Å². The zero-order valence-corrected chi connectivity index (χ0v) is 31.8. The number of rotatable bonds is 20. The average molecular weight is 703 g/mol. The average Bonchev–Trinajstić information content (AvgIpc) is 3.57. The Morgan fingerprint density at radius 3 is 2.10 bits per heavy atom. The van der Waals surface area contributed by atoms with Crippen molar-refractivity contribution >= 4 is 29.6 Å². The lowest BCUT2D eigenvalue weighted by molar-refractivity contribution is -0.147. The van der Waals surface area contributed by atoms with Crippen LogP contribution in [0.2, 0.25) is 0 Å². The molecule has 1 saturated heterocycles. The minimum absolute atomic E-state index is 0.000794. The van der Waals surface area contributed by atoms with Crippen molar-refractivity contribution in [3.63, 3.8) is 0 Å². The van der Waals surface area contributed by atoms with E-state index in [-0.39, 0.29) is 48.3 Å². The Balaban J connectivity index is 2.20. The van der Waals surface area contributed by atoms with Gasteiger partial charge in [-0.15, -0.1) is 0 Å². The third-order valence-corrected chi connectivity index (χ3v) is 10.5. The first-order valence-corrected chi connectivity index (χ1v) is 18.1. The fourth-order valence-electron chi connectivity index (χ4n) is 7.31. The Bertz CT molecular complexity index is 1260. The van der Waals surface area contributed by atoms with Gasteiger partial charge in [0.05, 0.1) is 36.6 Å². The van der Waals surface area contributed by atoms with Gasteiger partial charge in [0, 0.05) is 40.2 Å². The molecule has 3 N–H and O–H groups in total. The Hall–Kier alpha value is -3.51. The Morgan fingerprint density at radius 2 is 1.58 bits per heavy atom. The zero-order chi connectivity index (χ0) is 37.7. The maximum atomic E-state index is 14.0. The maximum absolute atomic E-state index is 14.0. The normalized spacial score (nSPS) is 19.4. The van der Waals surface area contributed by atoms with Crippen LogP contribution in [0.4, 0.5) is 0 Å². The van der Waals surface area contributed by atoms with Gasteiger partial charge in [0.25, 0.3) is 0 Å². The summed E-state index contributed by atoms with van der Waals surface area (Å²) in [5.74, 6) is -3.02. The van der Waals surface area contributed by atoms with E-state index in [1.54, 1.807) is 30.7 Å². The van der Waals surface area contributed by atoms with Crippen LogP contribution in [0.5, 0.6) is 0 Å². The molecular formula is C38H62N4O8. The highest BCUT2D eigenvalue weighted by atomic mass is 16.5. The van der Waals surface area contributed by atoms with Gasteiger partial charge in [-0.05, 0) is 43.6 Å². The summed E-state index contributed by atoms with van der Waals surface area (Å²) in [6, 6.07) is 6.36. The first-order valence-electron chi connectivity index (χ1n) is 18.1. The topological polar surface area (TPSA) is 155 Å². The van der Waals surface area contributed by atoms with E-state index in [0.29, 0.717) is 25.8 Å². The molecule has 0 bridgehead atoms. The minimum Gasteiger partial charge on any atom is -0.480 e. The van der Waals surface area contributed by atoms with Crippen LogP contribution in [0.15, 0.2) is 30.3 Å². The van der Waals surface area contributed by atoms with Gasteiger partial charge in [0.1, 0.15) is 12.1 Å². The Kier molecular flexibility index (Phi) is 17.4. The summed E-state index contributed by atoms with van der Waals surface area (Å²) >= 11 is 0. The predicted molar refractivity (Wildman–Crippen MR) is 192 cm³/mol. The predicted octanol–water partition coefficient (Wildman–Crippen LogP) is 3.91. The van der Waals surface area contributed by atoms with E-state index < -0.39 is 54.2 Å². The summed E-state index contributed by atoms with van der Waals surface area (Å²) in [7, 11) is 4.72. The minimum atomic E-state index is -1.14. The molecule has 0 spiro atoms. The number of hydrogen-bond donors (Lipinski definition) is 3. The van der Waals surface area contributed by atoms with Crippen LogP contribution >= 0.6 is 0 Å². The number of hydrogen-bond acceptors (Lipinski definition) is 7. The van der Waals surface area contributed by atoms with E-state index in [9.17, 15) is 29.1 Å². The van der Waals surface area contributed by atoms with Gasteiger partial charge in [-0.25, -0.2) is 4.79 Å². The molecule has 1 heterocycles. The van der Waals surface area contributed by atoms with Crippen molar-refractivity contribution in [2.75, 3.05) is 27.8 Å². The van der Waals surface area contributed by atoms with Gasteiger partial charge in [0.15, 0.2) is 0 Å². The molecule has 0 aromatic heterocycles. The van der Waals surface area contributed by atoms with Crippen molar-refractivity contribution in [3.05, 3.63) is 35.9 Å². The van der Waals surface area contributed by atoms with Gasteiger partial charge in [-0.2, -0.15) is 0 Å². The highest BCUT2D eigenvalue weighted by molar-refractivity contribution is 5.88. The first kappa shape index (κ1) is 42.7. The summed E-state index contributed by atoms with van der Waals surface area (Å²) in [6.07, 6.45) is 1.56. The molecule has 282 valence electrons. The second-order valence-electron chi connectivity index (χ2n) is 14.2. The van der Waals surface area contributed by atoms with Gasteiger partial charge < -0.3 is 35.0 Å². The largest absolute Gasteiger partial charge is 0.480 e. The number of carboxylic acids is 1. The lowest BCUT2D eigenvalue weighted by Crippen LogP contribution is -2.56. The molecule has 2 rings (SSSR count). The molecule has 0 aliphatic carbocycles. The summed E-state index contributed by atoms with van der Waals surface area (Å²) < 4.78 is 11.8. The SMILES string of the molecule is CC[C@H](C(=O)N[C@@H](C)C(=O)N(C)[C@@H]([C@@H](C)CC)[C@@H](CC(=O)N1CCC[C@H]1[C@H](OC)[C@@H](C)C(=O)N[C@@H](Cc1ccccc1)C(=O)O)OC)C(C)C. The second kappa shape index (κ2) is 20.4. The van der Waals surface area contributed by atoms with Crippen LogP contribution < -0.4 is 10.6 Å². The van der Waals surface area contributed by atoms with Crippen LogP contribution in [0.3, 0.4) is 0 Å². The molecule has 50 heavy (non-hydrogen) atoms. The number of aliphatic carboxylic acids is 1. The summed E-state index contributed by atoms with van der Waals surface area (Å²) in [5.41, 5.74) is 0.787. The zero-order valence-electron chi connectivity index (χ0n) is 31.8. The summed E-state index contributed by atoms with van der Waals surface area (Å²) in [4.78, 5) is 69.4. The number of carboxylic acid groups (broad SMARTS) is 1. The molecule has 1 aliphatic rings. The standard InChI is InChI=1S/C38H62N4O8/c1-11-24(5)33(41(8)37(46)26(7)39-36(45)28(12-2)23(3)4)31(49-9)22-32(43)42-20-16-19-30(42)34(50-10)25(6)35(44)40-29(38(47)48)21-27-17-14-13-15-18-27/h13-15,17-18,23-26,28-31,33-34H,11-12,16,19-22H2,1-10H3,(H,39,45)(H,40,44)(H,47,48)/t24-,25+,26-,28-,29-,30-,31+,33-,34+/m0/s1. The van der Waals surface area contributed by atoms with Crippen molar-refractivity contribution in [2.24, 2.45) is 23.7 Å².